The van der Waals surface area contributed by atoms with E-state index in [1.807, 2.05) is 0 Å². The van der Waals surface area contributed by atoms with Crippen LogP contribution in [0.4, 0.5) is 5.69 Å². The van der Waals surface area contributed by atoms with Crippen molar-refractivity contribution in [2.24, 2.45) is 0 Å². The van der Waals surface area contributed by atoms with E-state index in [0.717, 1.165) is 25.1 Å². The number of anilines is 1. The smallest absolute Gasteiger partial charge is 0.270 e. The molecule has 5 rings (SSSR count). The Kier molecular flexibility index (Phi) is 3.88. The molecule has 1 amide bonds. The molecule has 2 N–H and O–H groups in total. The molecule has 0 saturated carbocycles. The normalized spacial score (nSPS) is 19.3. The first kappa shape index (κ1) is 17.2. The van der Waals surface area contributed by atoms with Crippen LogP contribution in [0.15, 0.2) is 47.6 Å². The Hall–Kier alpha value is -2.91. The molecule has 0 radical (unpaired) electrons. The van der Waals surface area contributed by atoms with E-state index in [0.29, 0.717) is 16.8 Å². The summed E-state index contributed by atoms with van der Waals surface area (Å²) in [6.07, 6.45) is 4.26. The maximum atomic E-state index is 13.6. The molecule has 0 spiro atoms. The van der Waals surface area contributed by atoms with Crippen LogP contribution in [0.5, 0.6) is 5.75 Å². The predicted molar refractivity (Wildman–Crippen MR) is 103 cm³/mol. The molecular weight excluding hydrogens is 380 g/mol. The van der Waals surface area contributed by atoms with Crippen LogP contribution in [0.1, 0.15) is 17.9 Å². The largest absolute Gasteiger partial charge is 0.482 e. The average molecular weight is 398 g/mol. The van der Waals surface area contributed by atoms with Crippen molar-refractivity contribution in [3.05, 3.63) is 48.3 Å². The molecular formula is C19H18N4O4S. The fourth-order valence-corrected chi connectivity index (χ4v) is 5.40. The molecule has 0 bridgehead atoms. The van der Waals surface area contributed by atoms with Gasteiger partial charge in [0.05, 0.1) is 11.0 Å². The number of nitrogens with one attached hydrogen (secondary N) is 2. The summed E-state index contributed by atoms with van der Waals surface area (Å²) in [6, 6.07) is 8.18. The highest BCUT2D eigenvalue weighted by atomic mass is 32.2. The molecule has 1 atom stereocenters. The standard InChI is InChI=1S/C19H18N4O4S/c24-17-11-27-15-4-1-5-16(19(15)22-17)28(25,26)23-10-13(12-6-8-20-9-12)18-14(23)3-2-7-21-18/h1-5,7,10,12,20H,6,8-9,11H2,(H,22,24). The molecule has 1 fully saturated rings. The van der Waals surface area contributed by atoms with Gasteiger partial charge in [-0.3, -0.25) is 9.78 Å². The third-order valence-electron chi connectivity index (χ3n) is 5.20. The van der Waals surface area contributed by atoms with Gasteiger partial charge in [-0.2, -0.15) is 0 Å². The first-order valence-electron chi connectivity index (χ1n) is 9.03. The second-order valence-corrected chi connectivity index (χ2v) is 8.70. The lowest BCUT2D eigenvalue weighted by molar-refractivity contribution is -0.118. The van der Waals surface area contributed by atoms with Crippen LogP contribution in [0.25, 0.3) is 11.0 Å². The van der Waals surface area contributed by atoms with Crippen LogP contribution in [0.2, 0.25) is 0 Å². The van der Waals surface area contributed by atoms with E-state index in [-0.39, 0.29) is 29.0 Å². The third-order valence-corrected chi connectivity index (χ3v) is 6.92. The summed E-state index contributed by atoms with van der Waals surface area (Å²) in [7, 11) is -3.98. The first-order valence-corrected chi connectivity index (χ1v) is 10.5. The maximum absolute atomic E-state index is 13.6. The summed E-state index contributed by atoms with van der Waals surface area (Å²) in [5, 5.41) is 5.94. The van der Waals surface area contributed by atoms with Crippen molar-refractivity contribution in [2.45, 2.75) is 17.2 Å². The third kappa shape index (κ3) is 2.58. The molecule has 4 heterocycles. The number of hydrogen-bond donors (Lipinski definition) is 2. The number of benzene rings is 1. The highest BCUT2D eigenvalue weighted by Crippen LogP contribution is 2.37. The van der Waals surface area contributed by atoms with Crippen molar-refractivity contribution >= 4 is 32.7 Å². The number of fused-ring (bicyclic) bond motifs is 2. The van der Waals surface area contributed by atoms with Crippen molar-refractivity contribution in [1.82, 2.24) is 14.3 Å². The van der Waals surface area contributed by atoms with Gasteiger partial charge in [0.25, 0.3) is 15.9 Å². The topological polar surface area (TPSA) is 102 Å². The molecule has 8 nitrogen and oxygen atoms in total. The van der Waals surface area contributed by atoms with Crippen LogP contribution in [-0.4, -0.2) is 43.0 Å². The summed E-state index contributed by atoms with van der Waals surface area (Å²) in [5.74, 6) is 0.170. The molecule has 1 unspecified atom stereocenters. The van der Waals surface area contributed by atoms with Gasteiger partial charge in [0.2, 0.25) is 0 Å². The number of carbonyl (C=O) groups excluding carboxylic acids is 1. The van der Waals surface area contributed by atoms with Gasteiger partial charge in [-0.25, -0.2) is 12.4 Å². The Balaban J connectivity index is 1.72. The molecule has 0 aliphatic carbocycles. The molecule has 3 aromatic rings. The van der Waals surface area contributed by atoms with Gasteiger partial charge in [0.1, 0.15) is 16.3 Å². The van der Waals surface area contributed by atoms with E-state index in [4.69, 9.17) is 4.74 Å². The zero-order chi connectivity index (χ0) is 19.3. The lowest BCUT2D eigenvalue weighted by atomic mass is 10.0. The first-order chi connectivity index (χ1) is 13.6. The quantitative estimate of drug-likeness (QED) is 0.696. The van der Waals surface area contributed by atoms with Crippen LogP contribution in [-0.2, 0) is 14.8 Å². The summed E-state index contributed by atoms with van der Waals surface area (Å²) in [4.78, 5) is 16.2. The van der Waals surface area contributed by atoms with Crippen LogP contribution >= 0.6 is 0 Å². The van der Waals surface area contributed by atoms with E-state index >= 15 is 0 Å². The highest BCUT2D eigenvalue weighted by Gasteiger charge is 2.31. The van der Waals surface area contributed by atoms with Crippen molar-refractivity contribution in [3.8, 4) is 5.75 Å². The minimum atomic E-state index is -3.98. The van der Waals surface area contributed by atoms with Crippen molar-refractivity contribution in [2.75, 3.05) is 25.0 Å². The van der Waals surface area contributed by atoms with Crippen LogP contribution in [0, 0.1) is 0 Å². The predicted octanol–water partition coefficient (Wildman–Crippen LogP) is 1.68. The van der Waals surface area contributed by atoms with E-state index in [9.17, 15) is 13.2 Å². The van der Waals surface area contributed by atoms with E-state index in [2.05, 4.69) is 15.6 Å². The number of carbonyl (C=O) groups is 1. The van der Waals surface area contributed by atoms with E-state index in [1.54, 1.807) is 36.7 Å². The van der Waals surface area contributed by atoms with E-state index < -0.39 is 10.0 Å². The number of hydrogen-bond acceptors (Lipinski definition) is 6. The number of pyridine rings is 1. The van der Waals surface area contributed by atoms with Gasteiger partial charge in [-0.05, 0) is 37.2 Å². The Morgan fingerprint density at radius 2 is 2.11 bits per heavy atom. The number of ether oxygens (including phenoxy) is 1. The summed E-state index contributed by atoms with van der Waals surface area (Å²) >= 11 is 0. The number of amides is 1. The average Bonchev–Trinajstić information content (AvgIpc) is 3.35. The summed E-state index contributed by atoms with van der Waals surface area (Å²) in [5.41, 5.74) is 2.29. The van der Waals surface area contributed by atoms with Gasteiger partial charge in [0, 0.05) is 30.4 Å². The molecule has 1 aromatic carbocycles. The zero-order valence-corrected chi connectivity index (χ0v) is 15.7. The molecule has 1 saturated heterocycles. The SMILES string of the molecule is O=C1COc2cccc(S(=O)(=O)n3cc(C4CCNC4)c4ncccc43)c2N1. The van der Waals surface area contributed by atoms with Gasteiger partial charge in [0.15, 0.2) is 6.61 Å². The molecule has 9 heteroatoms. The summed E-state index contributed by atoms with van der Waals surface area (Å²) < 4.78 is 33.8. The monoisotopic (exact) mass is 398 g/mol. The minimum Gasteiger partial charge on any atom is -0.482 e. The molecule has 2 aliphatic rings. The highest BCUT2D eigenvalue weighted by molar-refractivity contribution is 7.90. The molecule has 2 aliphatic heterocycles. The van der Waals surface area contributed by atoms with Gasteiger partial charge in [-0.15, -0.1) is 0 Å². The number of rotatable bonds is 3. The van der Waals surface area contributed by atoms with Crippen LogP contribution < -0.4 is 15.4 Å². The molecule has 28 heavy (non-hydrogen) atoms. The molecule has 144 valence electrons. The van der Waals surface area contributed by atoms with E-state index in [1.165, 1.54) is 10.0 Å². The Labute approximate surface area is 161 Å². The Bertz CT molecular complexity index is 1200. The molecule has 2 aromatic heterocycles. The lowest BCUT2D eigenvalue weighted by Crippen LogP contribution is -2.27. The Morgan fingerprint density at radius 1 is 1.21 bits per heavy atom. The number of para-hydroxylation sites is 1. The van der Waals surface area contributed by atoms with Crippen LogP contribution in [0.3, 0.4) is 0 Å². The lowest BCUT2D eigenvalue weighted by Gasteiger charge is -2.20. The number of aromatic nitrogens is 2. The van der Waals surface area contributed by atoms with Gasteiger partial charge < -0.3 is 15.4 Å². The van der Waals surface area contributed by atoms with Crippen molar-refractivity contribution in [3.63, 3.8) is 0 Å². The van der Waals surface area contributed by atoms with Crippen molar-refractivity contribution in [1.29, 1.82) is 0 Å². The number of nitrogens with zero attached hydrogens (tertiary/aromatic N) is 2. The fourth-order valence-electron chi connectivity index (χ4n) is 3.87. The fraction of sp³-hybridized carbons (Fsp3) is 0.263. The maximum Gasteiger partial charge on any atom is 0.270 e. The second-order valence-electron chi connectivity index (χ2n) is 6.91. The second kappa shape index (κ2) is 6.32. The van der Waals surface area contributed by atoms with Gasteiger partial charge in [-0.1, -0.05) is 6.07 Å². The van der Waals surface area contributed by atoms with Gasteiger partial charge >= 0.3 is 0 Å². The zero-order valence-electron chi connectivity index (χ0n) is 14.9. The Morgan fingerprint density at radius 3 is 2.93 bits per heavy atom. The minimum absolute atomic E-state index is 0.00472. The summed E-state index contributed by atoms with van der Waals surface area (Å²) in [6.45, 7) is 1.55. The van der Waals surface area contributed by atoms with Crippen molar-refractivity contribution < 1.29 is 17.9 Å².